The molecular weight excluding hydrogens is 264 g/mol. The molecule has 0 fully saturated rings. The molecule has 2 unspecified atom stereocenters. The molecule has 82 valence electrons. The van der Waals surface area contributed by atoms with E-state index in [0.717, 1.165) is 5.56 Å². The normalized spacial score (nSPS) is 14.6. The second kappa shape index (κ2) is 5.25. The summed E-state index contributed by atoms with van der Waals surface area (Å²) in [5.41, 5.74) is 1.18. The number of aliphatic carboxylic acids is 1. The van der Waals surface area contributed by atoms with E-state index < -0.39 is 18.2 Å². The highest BCUT2D eigenvalue weighted by Gasteiger charge is 2.26. The average Bonchev–Trinajstić information content (AvgIpc) is 2.26. The van der Waals surface area contributed by atoms with Crippen molar-refractivity contribution < 1.29 is 20.1 Å². The smallest absolute Gasteiger partial charge is 0.335 e. The lowest BCUT2D eigenvalue weighted by Crippen LogP contribution is -2.28. The number of halogens is 1. The van der Waals surface area contributed by atoms with Crippen LogP contribution in [0, 0.1) is 0 Å². The summed E-state index contributed by atoms with van der Waals surface area (Å²) in [6.45, 7) is 0. The van der Waals surface area contributed by atoms with Gasteiger partial charge < -0.3 is 15.3 Å². The van der Waals surface area contributed by atoms with Gasteiger partial charge in [0.2, 0.25) is 0 Å². The van der Waals surface area contributed by atoms with Crippen molar-refractivity contribution in [1.82, 2.24) is 0 Å². The van der Waals surface area contributed by atoms with E-state index >= 15 is 0 Å². The average molecular weight is 275 g/mol. The number of carboxylic acids is 1. The summed E-state index contributed by atoms with van der Waals surface area (Å²) < 4.78 is 0. The minimum atomic E-state index is -1.80. The van der Waals surface area contributed by atoms with Gasteiger partial charge in [-0.25, -0.2) is 4.79 Å². The van der Waals surface area contributed by atoms with Gasteiger partial charge in [0.15, 0.2) is 6.10 Å². The molecule has 1 rings (SSSR count). The topological polar surface area (TPSA) is 77.8 Å². The minimum Gasteiger partial charge on any atom is -0.479 e. The molecule has 0 bridgehead atoms. The highest BCUT2D eigenvalue weighted by Crippen LogP contribution is 2.22. The molecule has 0 heterocycles. The van der Waals surface area contributed by atoms with Gasteiger partial charge in [-0.3, -0.25) is 0 Å². The van der Waals surface area contributed by atoms with E-state index in [9.17, 15) is 15.0 Å². The molecular formula is C10H11BrO4. The fourth-order valence-corrected chi connectivity index (χ4v) is 1.76. The molecule has 0 saturated carbocycles. The molecule has 0 amide bonds. The van der Waals surface area contributed by atoms with E-state index in [-0.39, 0.29) is 0 Å². The van der Waals surface area contributed by atoms with Gasteiger partial charge in [-0.15, -0.1) is 0 Å². The monoisotopic (exact) mass is 274 g/mol. The summed E-state index contributed by atoms with van der Waals surface area (Å²) in [5.74, 6) is -1.44. The van der Waals surface area contributed by atoms with E-state index in [1.54, 1.807) is 24.3 Å². The first-order valence-corrected chi connectivity index (χ1v) is 5.42. The Morgan fingerprint density at radius 2 is 1.93 bits per heavy atom. The van der Waals surface area contributed by atoms with Crippen LogP contribution in [0.1, 0.15) is 17.2 Å². The van der Waals surface area contributed by atoms with Gasteiger partial charge in [-0.1, -0.05) is 40.2 Å². The van der Waals surface area contributed by atoms with Crippen LogP contribution >= 0.6 is 15.9 Å². The molecule has 0 saturated heterocycles. The first-order chi connectivity index (χ1) is 7.07. The van der Waals surface area contributed by atoms with Gasteiger partial charge in [-0.2, -0.15) is 0 Å². The molecule has 0 aromatic heterocycles. The van der Waals surface area contributed by atoms with Crippen LogP contribution in [-0.2, 0) is 10.1 Å². The molecule has 1 aromatic rings. The molecule has 0 spiro atoms. The maximum atomic E-state index is 10.5. The van der Waals surface area contributed by atoms with Crippen molar-refractivity contribution in [2.75, 3.05) is 0 Å². The molecule has 3 N–H and O–H groups in total. The number of benzene rings is 1. The Balaban J connectivity index is 2.99. The molecule has 1 aromatic carbocycles. The Morgan fingerprint density at radius 3 is 2.47 bits per heavy atom. The molecule has 2 atom stereocenters. The number of aliphatic hydroxyl groups excluding tert-OH is 2. The van der Waals surface area contributed by atoms with Crippen LogP contribution in [0.2, 0.25) is 0 Å². The minimum absolute atomic E-state index is 0.421. The number of aliphatic hydroxyl groups is 2. The Bertz CT molecular complexity index is 353. The van der Waals surface area contributed by atoms with E-state index in [0.29, 0.717) is 10.9 Å². The quantitative estimate of drug-likeness (QED) is 0.718. The molecule has 0 aliphatic rings. The Hall–Kier alpha value is -0.910. The number of rotatable bonds is 4. The zero-order valence-electron chi connectivity index (χ0n) is 7.80. The largest absolute Gasteiger partial charge is 0.479 e. The molecule has 0 aliphatic carbocycles. The van der Waals surface area contributed by atoms with Gasteiger partial charge in [-0.05, 0) is 11.1 Å². The Labute approximate surface area is 95.3 Å². The second-order valence-electron chi connectivity index (χ2n) is 3.06. The van der Waals surface area contributed by atoms with Gasteiger partial charge in [0.25, 0.3) is 0 Å². The Morgan fingerprint density at radius 1 is 1.33 bits per heavy atom. The Kier molecular flexibility index (Phi) is 4.26. The van der Waals surface area contributed by atoms with E-state index in [1.165, 1.54) is 0 Å². The number of hydrogen-bond acceptors (Lipinski definition) is 3. The highest BCUT2D eigenvalue weighted by molar-refractivity contribution is 9.08. The lowest BCUT2D eigenvalue weighted by molar-refractivity contribution is -0.153. The SMILES string of the molecule is O=C(O)C(O)C(O)c1ccccc1CBr. The lowest BCUT2D eigenvalue weighted by Gasteiger charge is -2.16. The molecule has 0 radical (unpaired) electrons. The van der Waals surface area contributed by atoms with Crippen LogP contribution in [-0.4, -0.2) is 27.4 Å². The number of carbonyl (C=O) groups is 1. The second-order valence-corrected chi connectivity index (χ2v) is 3.62. The molecule has 5 heteroatoms. The third kappa shape index (κ3) is 2.77. The predicted molar refractivity (Wildman–Crippen MR) is 57.7 cm³/mol. The van der Waals surface area contributed by atoms with Crippen molar-refractivity contribution in [3.05, 3.63) is 35.4 Å². The van der Waals surface area contributed by atoms with Gasteiger partial charge in [0, 0.05) is 5.33 Å². The van der Waals surface area contributed by atoms with Gasteiger partial charge >= 0.3 is 5.97 Å². The van der Waals surface area contributed by atoms with Crippen molar-refractivity contribution >= 4 is 21.9 Å². The summed E-state index contributed by atoms with van der Waals surface area (Å²) in [5, 5.41) is 27.9. The van der Waals surface area contributed by atoms with Crippen LogP contribution in [0.3, 0.4) is 0 Å². The van der Waals surface area contributed by atoms with Gasteiger partial charge in [0.1, 0.15) is 6.10 Å². The zero-order chi connectivity index (χ0) is 11.4. The van der Waals surface area contributed by atoms with E-state index in [4.69, 9.17) is 5.11 Å². The summed E-state index contributed by atoms with van der Waals surface area (Å²) in [4.78, 5) is 10.5. The fraction of sp³-hybridized carbons (Fsp3) is 0.300. The van der Waals surface area contributed by atoms with Crippen LogP contribution in [0.15, 0.2) is 24.3 Å². The van der Waals surface area contributed by atoms with E-state index in [2.05, 4.69) is 15.9 Å². The van der Waals surface area contributed by atoms with Crippen molar-refractivity contribution in [2.45, 2.75) is 17.5 Å². The summed E-state index contributed by atoms with van der Waals surface area (Å²) in [6.07, 6.45) is -3.21. The van der Waals surface area contributed by atoms with Crippen molar-refractivity contribution in [3.63, 3.8) is 0 Å². The van der Waals surface area contributed by atoms with E-state index in [1.807, 2.05) is 0 Å². The van der Waals surface area contributed by atoms with Crippen molar-refractivity contribution in [2.24, 2.45) is 0 Å². The maximum Gasteiger partial charge on any atom is 0.335 e. The number of carboxylic acid groups (broad SMARTS) is 1. The summed E-state index contributed by atoms with van der Waals surface area (Å²) in [6, 6.07) is 6.80. The highest BCUT2D eigenvalue weighted by atomic mass is 79.9. The van der Waals surface area contributed by atoms with Crippen LogP contribution < -0.4 is 0 Å². The third-order valence-corrected chi connectivity index (χ3v) is 2.67. The number of alkyl halides is 1. The fourth-order valence-electron chi connectivity index (χ4n) is 1.25. The predicted octanol–water partition coefficient (Wildman–Crippen LogP) is 1.06. The molecule has 4 nitrogen and oxygen atoms in total. The maximum absolute atomic E-state index is 10.5. The van der Waals surface area contributed by atoms with Crippen LogP contribution in [0.4, 0.5) is 0 Å². The first-order valence-electron chi connectivity index (χ1n) is 4.30. The van der Waals surface area contributed by atoms with Crippen molar-refractivity contribution in [3.8, 4) is 0 Å². The van der Waals surface area contributed by atoms with Crippen LogP contribution in [0.25, 0.3) is 0 Å². The molecule has 0 aliphatic heterocycles. The standard InChI is InChI=1S/C10H11BrO4/c11-5-6-3-1-2-4-7(6)8(12)9(13)10(14)15/h1-4,8-9,12-13H,5H2,(H,14,15). The zero-order valence-corrected chi connectivity index (χ0v) is 9.39. The molecule has 15 heavy (non-hydrogen) atoms. The van der Waals surface area contributed by atoms with Crippen molar-refractivity contribution in [1.29, 1.82) is 0 Å². The number of hydrogen-bond donors (Lipinski definition) is 3. The first kappa shape index (κ1) is 12.2. The lowest BCUT2D eigenvalue weighted by atomic mass is 10.00. The summed E-state index contributed by atoms with van der Waals surface area (Å²) in [7, 11) is 0. The summed E-state index contributed by atoms with van der Waals surface area (Å²) >= 11 is 3.22. The third-order valence-electron chi connectivity index (χ3n) is 2.07. The van der Waals surface area contributed by atoms with Crippen LogP contribution in [0.5, 0.6) is 0 Å². The van der Waals surface area contributed by atoms with Gasteiger partial charge in [0.05, 0.1) is 0 Å².